The summed E-state index contributed by atoms with van der Waals surface area (Å²) in [4.78, 5) is 43.6. The summed E-state index contributed by atoms with van der Waals surface area (Å²) in [5.74, 6) is -0.991. The maximum absolute atomic E-state index is 14.3. The lowest BCUT2D eigenvalue weighted by atomic mass is 9.66. The summed E-state index contributed by atoms with van der Waals surface area (Å²) in [7, 11) is 0. The number of fused-ring (bicyclic) bond motifs is 1. The Morgan fingerprint density at radius 2 is 1.89 bits per heavy atom. The van der Waals surface area contributed by atoms with E-state index in [-0.39, 0.29) is 30.2 Å². The molecule has 8 nitrogen and oxygen atoms in total. The predicted molar refractivity (Wildman–Crippen MR) is 150 cm³/mol. The number of benzene rings is 1. The summed E-state index contributed by atoms with van der Waals surface area (Å²) in [5.41, 5.74) is 0.646. The highest BCUT2D eigenvalue weighted by Gasteiger charge is 2.77. The van der Waals surface area contributed by atoms with E-state index in [1.54, 1.807) is 28.8 Å². The lowest BCUT2D eigenvalue weighted by Gasteiger charge is -2.39. The lowest BCUT2D eigenvalue weighted by Crippen LogP contribution is -2.57. The second-order valence-corrected chi connectivity index (χ2v) is 13.1. The highest BCUT2D eigenvalue weighted by atomic mass is 32.2. The summed E-state index contributed by atoms with van der Waals surface area (Å²) in [6.07, 6.45) is 4.02. The molecule has 2 unspecified atom stereocenters. The van der Waals surface area contributed by atoms with Crippen LogP contribution in [0.4, 0.5) is 5.69 Å². The number of unbranched alkanes of at least 4 members (excludes halogenated alkanes) is 1. The number of hydrogen-bond donors (Lipinski definition) is 3. The molecule has 0 aliphatic carbocycles. The van der Waals surface area contributed by atoms with Gasteiger partial charge in [-0.15, -0.1) is 11.8 Å². The number of aliphatic hydroxyl groups is 1. The zero-order chi connectivity index (χ0) is 27.7. The fourth-order valence-electron chi connectivity index (χ4n) is 6.74. The number of carbonyl (C=O) groups is 3. The third-order valence-electron chi connectivity index (χ3n) is 8.85. The number of aliphatic hydroxyl groups excluding tert-OH is 1. The fraction of sp³-hybridized carbons (Fsp3) is 0.690. The van der Waals surface area contributed by atoms with Gasteiger partial charge in [0.05, 0.1) is 35.8 Å². The van der Waals surface area contributed by atoms with Crippen molar-refractivity contribution in [3.8, 4) is 5.75 Å². The Balaban J connectivity index is 1.68. The van der Waals surface area contributed by atoms with Crippen molar-refractivity contribution in [2.75, 3.05) is 25.1 Å². The number of hydrogen-bond acceptors (Lipinski definition) is 6. The van der Waals surface area contributed by atoms with Gasteiger partial charge in [-0.2, -0.15) is 0 Å². The van der Waals surface area contributed by atoms with Crippen LogP contribution >= 0.6 is 11.8 Å². The third-order valence-corrected chi connectivity index (χ3v) is 10.8. The summed E-state index contributed by atoms with van der Waals surface area (Å²) in [5, 5.41) is 16.5. The molecule has 1 aromatic rings. The van der Waals surface area contributed by atoms with Gasteiger partial charge in [0, 0.05) is 17.0 Å². The zero-order valence-electron chi connectivity index (χ0n) is 23.3. The summed E-state index contributed by atoms with van der Waals surface area (Å²) >= 11 is 1.65. The first-order valence-electron chi connectivity index (χ1n) is 14.1. The van der Waals surface area contributed by atoms with E-state index in [0.29, 0.717) is 25.3 Å². The van der Waals surface area contributed by atoms with Crippen molar-refractivity contribution in [1.82, 2.24) is 10.2 Å². The van der Waals surface area contributed by atoms with Gasteiger partial charge in [-0.25, -0.2) is 0 Å². The number of ether oxygens (including phenoxy) is 1. The van der Waals surface area contributed by atoms with Gasteiger partial charge >= 0.3 is 0 Å². The number of nitrogens with zero attached hydrogens (tertiary/aromatic N) is 1. The average molecular weight is 546 g/mol. The Hall–Kier alpha value is -2.26. The van der Waals surface area contributed by atoms with Gasteiger partial charge in [-0.05, 0) is 63.3 Å². The number of nitrogens with one attached hydrogen (secondary N) is 2. The van der Waals surface area contributed by atoms with Crippen LogP contribution in [0.25, 0.3) is 0 Å². The van der Waals surface area contributed by atoms with Crippen LogP contribution in [0.2, 0.25) is 0 Å². The van der Waals surface area contributed by atoms with Crippen LogP contribution in [0, 0.1) is 17.8 Å². The zero-order valence-corrected chi connectivity index (χ0v) is 24.1. The van der Waals surface area contributed by atoms with Crippen LogP contribution < -0.4 is 15.4 Å². The van der Waals surface area contributed by atoms with Crippen LogP contribution in [0.15, 0.2) is 24.3 Å². The molecule has 3 aliphatic heterocycles. The van der Waals surface area contributed by atoms with Crippen molar-refractivity contribution in [3.05, 3.63) is 24.3 Å². The predicted octanol–water partition coefficient (Wildman–Crippen LogP) is 3.83. The topological polar surface area (TPSA) is 108 Å². The Labute approximate surface area is 230 Å². The smallest absolute Gasteiger partial charge is 0.244 e. The molecule has 3 heterocycles. The van der Waals surface area contributed by atoms with Crippen LogP contribution in [-0.4, -0.2) is 69.1 Å². The second-order valence-electron chi connectivity index (χ2n) is 11.2. The van der Waals surface area contributed by atoms with Crippen molar-refractivity contribution in [2.45, 2.75) is 88.3 Å². The molecule has 3 N–H and O–H groups in total. The minimum Gasteiger partial charge on any atom is -0.494 e. The summed E-state index contributed by atoms with van der Waals surface area (Å²) in [6.45, 7) is 11.0. The normalized spacial score (nSPS) is 31.2. The minimum atomic E-state index is -0.710. The molecule has 1 spiro atoms. The van der Waals surface area contributed by atoms with Gasteiger partial charge in [0.15, 0.2) is 0 Å². The Bertz CT molecular complexity index is 1040. The number of rotatable bonds is 12. The van der Waals surface area contributed by atoms with E-state index in [4.69, 9.17) is 4.74 Å². The lowest BCUT2D eigenvalue weighted by molar-refractivity contribution is -0.143. The molecule has 4 rings (SSSR count). The van der Waals surface area contributed by atoms with Crippen molar-refractivity contribution < 1.29 is 24.2 Å². The van der Waals surface area contributed by atoms with E-state index in [1.807, 2.05) is 32.9 Å². The monoisotopic (exact) mass is 545 g/mol. The Morgan fingerprint density at radius 1 is 1.18 bits per heavy atom. The molecule has 0 aromatic heterocycles. The molecule has 7 atom stereocenters. The first-order valence-corrected chi connectivity index (χ1v) is 14.9. The first-order chi connectivity index (χ1) is 18.2. The largest absolute Gasteiger partial charge is 0.494 e. The van der Waals surface area contributed by atoms with Gasteiger partial charge in [-0.3, -0.25) is 14.4 Å². The van der Waals surface area contributed by atoms with Gasteiger partial charge in [0.1, 0.15) is 11.8 Å². The molecule has 1 aromatic carbocycles. The molecule has 3 fully saturated rings. The molecule has 38 heavy (non-hydrogen) atoms. The van der Waals surface area contributed by atoms with E-state index in [0.717, 1.165) is 31.4 Å². The van der Waals surface area contributed by atoms with Crippen LogP contribution in [0.5, 0.6) is 5.75 Å². The molecule has 3 aliphatic rings. The summed E-state index contributed by atoms with van der Waals surface area (Å²) < 4.78 is 4.37. The molecular formula is C29H43N3O5S. The maximum atomic E-state index is 14.3. The standard InChI is InChI=1S/C29H43N3O5S/c1-6-9-16-30-26(35)24-29-15-14-28(5,38-29)22(23(29)27(36)32(24)21(17-33)18(4)7-2)25(34)31-19-10-12-20(13-11-19)37-8-3/h10-13,18,21-24,33H,6-9,14-17H2,1-5H3,(H,30,35)(H,31,34)/t18-,21-,22-,23-,24?,28+,29?/m0/s1. The Kier molecular flexibility index (Phi) is 8.67. The number of carbonyl (C=O) groups excluding carboxylic acids is 3. The molecule has 0 radical (unpaired) electrons. The summed E-state index contributed by atoms with van der Waals surface area (Å²) in [6, 6.07) is 6.05. The van der Waals surface area contributed by atoms with Gasteiger partial charge in [0.25, 0.3) is 0 Å². The van der Waals surface area contributed by atoms with Crippen LogP contribution in [0.3, 0.4) is 0 Å². The Morgan fingerprint density at radius 3 is 2.50 bits per heavy atom. The second kappa shape index (κ2) is 11.5. The molecule has 3 amide bonds. The molecular weight excluding hydrogens is 502 g/mol. The number of anilines is 1. The number of amides is 3. The highest BCUT2D eigenvalue weighted by Crippen LogP contribution is 2.71. The molecule has 3 saturated heterocycles. The minimum absolute atomic E-state index is 0.0130. The first kappa shape index (κ1) is 28.7. The van der Waals surface area contributed by atoms with Crippen molar-refractivity contribution in [2.24, 2.45) is 17.8 Å². The molecule has 2 bridgehead atoms. The van der Waals surface area contributed by atoms with E-state index in [1.165, 1.54) is 0 Å². The van der Waals surface area contributed by atoms with E-state index >= 15 is 0 Å². The SMILES string of the molecule is CCCCNC(=O)C1N([C@@H](CO)[C@@H](C)CC)C(=O)[C@@H]2[C@@H](C(=O)Nc3ccc(OCC)cc3)[C@@]3(C)CCC12S3. The van der Waals surface area contributed by atoms with Crippen LogP contribution in [-0.2, 0) is 14.4 Å². The van der Waals surface area contributed by atoms with Gasteiger partial charge < -0.3 is 25.4 Å². The maximum Gasteiger partial charge on any atom is 0.244 e. The van der Waals surface area contributed by atoms with Gasteiger partial charge in [0.2, 0.25) is 17.7 Å². The van der Waals surface area contributed by atoms with Gasteiger partial charge in [-0.1, -0.05) is 33.6 Å². The average Bonchev–Trinajstić information content (AvgIpc) is 3.46. The molecule has 210 valence electrons. The van der Waals surface area contributed by atoms with Crippen molar-refractivity contribution in [1.29, 1.82) is 0 Å². The molecule has 9 heteroatoms. The van der Waals surface area contributed by atoms with E-state index < -0.39 is 33.4 Å². The van der Waals surface area contributed by atoms with Crippen molar-refractivity contribution >= 4 is 35.2 Å². The number of thioether (sulfide) groups is 1. The number of likely N-dealkylation sites (tertiary alicyclic amines) is 1. The molecule has 0 saturated carbocycles. The van der Waals surface area contributed by atoms with Crippen molar-refractivity contribution in [3.63, 3.8) is 0 Å². The third kappa shape index (κ3) is 4.81. The highest BCUT2D eigenvalue weighted by molar-refractivity contribution is 8.02. The van der Waals surface area contributed by atoms with E-state index in [9.17, 15) is 19.5 Å². The van der Waals surface area contributed by atoms with Crippen LogP contribution in [0.1, 0.15) is 66.7 Å². The quantitative estimate of drug-likeness (QED) is 0.345. The van der Waals surface area contributed by atoms with E-state index in [2.05, 4.69) is 24.5 Å². The fourth-order valence-corrected chi connectivity index (χ4v) is 9.08.